The zero-order valence-corrected chi connectivity index (χ0v) is 10.2. The molecule has 0 bridgehead atoms. The van der Waals surface area contributed by atoms with Gasteiger partial charge >= 0.3 is 0 Å². The van der Waals surface area contributed by atoms with Crippen LogP contribution in [0.15, 0.2) is 30.3 Å². The summed E-state index contributed by atoms with van der Waals surface area (Å²) < 4.78 is 0. The number of benzene rings is 1. The van der Waals surface area contributed by atoms with Gasteiger partial charge in [-0.2, -0.15) is 0 Å². The van der Waals surface area contributed by atoms with Crippen LogP contribution in [-0.2, 0) is 0 Å². The van der Waals surface area contributed by atoms with E-state index in [1.54, 1.807) is 5.19 Å². The third-order valence-electron chi connectivity index (χ3n) is 2.34. The van der Waals surface area contributed by atoms with Gasteiger partial charge in [-0.3, -0.25) is 0 Å². The summed E-state index contributed by atoms with van der Waals surface area (Å²) in [6, 6.07) is 12.5. The predicted molar refractivity (Wildman–Crippen MR) is 63.5 cm³/mol. The van der Waals surface area contributed by atoms with Crippen molar-refractivity contribution in [2.75, 3.05) is 0 Å². The monoisotopic (exact) mass is 192 g/mol. The number of hydrogen-bond acceptors (Lipinski definition) is 0. The summed E-state index contributed by atoms with van der Waals surface area (Å²) in [4.78, 5) is 0. The molecule has 0 spiro atoms. The van der Waals surface area contributed by atoms with Crippen LogP contribution < -0.4 is 5.19 Å². The average Bonchev–Trinajstić information content (AvgIpc) is 2.14. The Morgan fingerprint density at radius 3 is 2.46 bits per heavy atom. The maximum Gasteiger partial charge on any atom is 0.0547 e. The van der Waals surface area contributed by atoms with Gasteiger partial charge in [0, 0.05) is 0 Å². The zero-order chi connectivity index (χ0) is 9.52. The highest BCUT2D eigenvalue weighted by molar-refractivity contribution is 6.53. The third kappa shape index (κ3) is 4.89. The minimum atomic E-state index is 0.0456. The summed E-state index contributed by atoms with van der Waals surface area (Å²) in [5, 5.41) is 1.62. The van der Waals surface area contributed by atoms with Crippen LogP contribution in [0.4, 0.5) is 0 Å². The van der Waals surface area contributed by atoms with Crippen molar-refractivity contribution in [2.45, 2.75) is 32.7 Å². The van der Waals surface area contributed by atoms with Crippen molar-refractivity contribution in [3.63, 3.8) is 0 Å². The van der Waals surface area contributed by atoms with Crippen LogP contribution >= 0.6 is 0 Å². The lowest BCUT2D eigenvalue weighted by molar-refractivity contribution is 0.575. The largest absolute Gasteiger partial charge is 0.0669 e. The summed E-state index contributed by atoms with van der Waals surface area (Å²) >= 11 is 0. The molecule has 0 aliphatic heterocycles. The first-order chi connectivity index (χ1) is 6.29. The molecular formula is C12H20Si. The Labute approximate surface area is 84.2 Å². The maximum atomic E-state index is 2.31. The van der Waals surface area contributed by atoms with Gasteiger partial charge < -0.3 is 0 Å². The molecule has 0 N–H and O–H groups in total. The summed E-state index contributed by atoms with van der Waals surface area (Å²) in [7, 11) is 0.0456. The molecule has 0 unspecified atom stereocenters. The highest BCUT2D eigenvalue weighted by Gasteiger charge is 1.95. The topological polar surface area (TPSA) is 0 Å². The van der Waals surface area contributed by atoms with Gasteiger partial charge in [-0.15, -0.1) is 0 Å². The normalized spacial score (nSPS) is 11.6. The first kappa shape index (κ1) is 10.5. The van der Waals surface area contributed by atoms with Crippen molar-refractivity contribution in [2.24, 2.45) is 5.92 Å². The molecule has 0 aliphatic rings. The highest BCUT2D eigenvalue weighted by Crippen LogP contribution is 2.05. The van der Waals surface area contributed by atoms with Crippen molar-refractivity contribution >= 4 is 14.7 Å². The van der Waals surface area contributed by atoms with Gasteiger partial charge in [0.25, 0.3) is 0 Å². The van der Waals surface area contributed by atoms with E-state index in [1.165, 1.54) is 18.9 Å². The fraction of sp³-hybridized carbons (Fsp3) is 0.500. The third-order valence-corrected chi connectivity index (χ3v) is 4.24. The van der Waals surface area contributed by atoms with E-state index in [4.69, 9.17) is 0 Å². The molecule has 0 saturated carbocycles. The molecule has 0 amide bonds. The quantitative estimate of drug-likeness (QED) is 0.496. The molecular weight excluding hydrogens is 172 g/mol. The molecule has 0 aromatic heterocycles. The van der Waals surface area contributed by atoms with Gasteiger partial charge in [-0.05, 0) is 5.92 Å². The number of hydrogen-bond donors (Lipinski definition) is 0. The highest BCUT2D eigenvalue weighted by atomic mass is 28.2. The van der Waals surface area contributed by atoms with Crippen LogP contribution in [0.3, 0.4) is 0 Å². The Bertz CT molecular complexity index is 216. The lowest BCUT2D eigenvalue weighted by atomic mass is 10.1. The van der Waals surface area contributed by atoms with E-state index in [1.807, 2.05) is 0 Å². The summed E-state index contributed by atoms with van der Waals surface area (Å²) in [5.74, 6) is 0.879. The Balaban J connectivity index is 2.13. The molecule has 1 heteroatoms. The van der Waals surface area contributed by atoms with E-state index in [0.29, 0.717) is 0 Å². The van der Waals surface area contributed by atoms with Crippen LogP contribution in [0.2, 0.25) is 6.04 Å². The molecule has 0 radical (unpaired) electrons. The van der Waals surface area contributed by atoms with Crippen LogP contribution in [-0.4, -0.2) is 9.52 Å². The Morgan fingerprint density at radius 2 is 1.85 bits per heavy atom. The van der Waals surface area contributed by atoms with Crippen LogP contribution in [0, 0.1) is 5.92 Å². The second kappa shape index (κ2) is 5.98. The fourth-order valence-corrected chi connectivity index (χ4v) is 3.08. The van der Waals surface area contributed by atoms with Gasteiger partial charge in [-0.25, -0.2) is 0 Å². The molecule has 0 heterocycles. The van der Waals surface area contributed by atoms with E-state index >= 15 is 0 Å². The lowest BCUT2D eigenvalue weighted by Gasteiger charge is -2.03. The second-order valence-electron chi connectivity index (χ2n) is 4.13. The van der Waals surface area contributed by atoms with Crippen molar-refractivity contribution in [3.8, 4) is 0 Å². The van der Waals surface area contributed by atoms with E-state index in [2.05, 4.69) is 44.2 Å². The van der Waals surface area contributed by atoms with Crippen LogP contribution in [0.5, 0.6) is 0 Å². The van der Waals surface area contributed by atoms with E-state index < -0.39 is 0 Å². The predicted octanol–water partition coefficient (Wildman–Crippen LogP) is 2.34. The van der Waals surface area contributed by atoms with Crippen molar-refractivity contribution in [3.05, 3.63) is 30.3 Å². The first-order valence-electron chi connectivity index (χ1n) is 5.33. The molecule has 0 aliphatic carbocycles. The van der Waals surface area contributed by atoms with Gasteiger partial charge in [0.1, 0.15) is 0 Å². The molecule has 1 aromatic carbocycles. The zero-order valence-electron chi connectivity index (χ0n) is 8.79. The van der Waals surface area contributed by atoms with Crippen LogP contribution in [0.25, 0.3) is 0 Å². The van der Waals surface area contributed by atoms with E-state index in [0.717, 1.165) is 5.92 Å². The van der Waals surface area contributed by atoms with Crippen molar-refractivity contribution in [1.82, 2.24) is 0 Å². The molecule has 72 valence electrons. The minimum absolute atomic E-state index is 0.0456. The standard InChI is InChI=1S/C12H20Si/c1-11(2)7-6-10-13-12-8-4-3-5-9-12/h3-5,8-9,11H,6-7,10,13H2,1-2H3. The number of rotatable bonds is 5. The van der Waals surface area contributed by atoms with Gasteiger partial charge in [0.15, 0.2) is 0 Å². The Hall–Kier alpha value is -0.563. The summed E-state index contributed by atoms with van der Waals surface area (Å²) in [5.41, 5.74) is 0. The maximum absolute atomic E-state index is 2.31. The van der Waals surface area contributed by atoms with E-state index in [-0.39, 0.29) is 9.52 Å². The average molecular weight is 192 g/mol. The minimum Gasteiger partial charge on any atom is -0.0669 e. The summed E-state index contributed by atoms with van der Waals surface area (Å²) in [6.45, 7) is 4.62. The first-order valence-corrected chi connectivity index (χ1v) is 7.03. The van der Waals surface area contributed by atoms with E-state index in [9.17, 15) is 0 Å². The SMILES string of the molecule is CC(C)CCC[SiH2]c1ccccc1. The lowest BCUT2D eigenvalue weighted by Crippen LogP contribution is -2.12. The molecule has 13 heavy (non-hydrogen) atoms. The molecule has 1 rings (SSSR count). The molecule has 0 fully saturated rings. The van der Waals surface area contributed by atoms with Gasteiger partial charge in [-0.1, -0.05) is 68.3 Å². The Kier molecular flexibility index (Phi) is 4.84. The van der Waals surface area contributed by atoms with Crippen LogP contribution in [0.1, 0.15) is 26.7 Å². The smallest absolute Gasteiger partial charge is 0.0547 e. The molecule has 0 saturated heterocycles. The Morgan fingerprint density at radius 1 is 1.15 bits per heavy atom. The molecule has 0 nitrogen and oxygen atoms in total. The second-order valence-corrected chi connectivity index (χ2v) is 6.15. The summed E-state index contributed by atoms with van der Waals surface area (Å²) in [6.07, 6.45) is 2.83. The van der Waals surface area contributed by atoms with Gasteiger partial charge in [0.05, 0.1) is 9.52 Å². The van der Waals surface area contributed by atoms with Crippen molar-refractivity contribution < 1.29 is 0 Å². The van der Waals surface area contributed by atoms with Gasteiger partial charge in [0.2, 0.25) is 0 Å². The fourth-order valence-electron chi connectivity index (χ4n) is 1.53. The molecule has 0 atom stereocenters. The van der Waals surface area contributed by atoms with Crippen molar-refractivity contribution in [1.29, 1.82) is 0 Å². The molecule has 1 aromatic rings.